The van der Waals surface area contributed by atoms with E-state index < -0.39 is 0 Å². The van der Waals surface area contributed by atoms with Crippen molar-refractivity contribution >= 4 is 0 Å². The lowest BCUT2D eigenvalue weighted by Gasteiger charge is -2.15. The lowest BCUT2D eigenvalue weighted by molar-refractivity contribution is 0.112. The number of hydrogen-bond donors (Lipinski definition) is 1. The number of furan rings is 1. The van der Waals surface area contributed by atoms with Gasteiger partial charge in [-0.05, 0) is 31.9 Å². The van der Waals surface area contributed by atoms with Gasteiger partial charge in [0.25, 0.3) is 0 Å². The van der Waals surface area contributed by atoms with Crippen LogP contribution in [0.4, 0.5) is 0 Å². The van der Waals surface area contributed by atoms with E-state index in [1.54, 1.807) is 6.26 Å². The van der Waals surface area contributed by atoms with Gasteiger partial charge in [0.2, 0.25) is 0 Å². The Kier molecular flexibility index (Phi) is 2.89. The third kappa shape index (κ3) is 1.99. The van der Waals surface area contributed by atoms with E-state index in [4.69, 9.17) is 9.15 Å². The van der Waals surface area contributed by atoms with Crippen LogP contribution in [0.3, 0.4) is 0 Å². The number of ether oxygens (including phenoxy) is 1. The van der Waals surface area contributed by atoms with E-state index in [9.17, 15) is 0 Å². The Morgan fingerprint density at radius 1 is 1.57 bits per heavy atom. The van der Waals surface area contributed by atoms with E-state index in [1.807, 2.05) is 6.07 Å². The third-order valence-electron chi connectivity index (χ3n) is 2.87. The molecule has 2 rings (SSSR count). The summed E-state index contributed by atoms with van der Waals surface area (Å²) in [6.07, 6.45) is 3.16. The lowest BCUT2D eigenvalue weighted by Crippen LogP contribution is -2.34. The molecule has 0 bridgehead atoms. The second-order valence-electron chi connectivity index (χ2n) is 3.88. The molecule has 2 atom stereocenters. The normalized spacial score (nSPS) is 27.0. The molecular weight excluding hydrogens is 178 g/mol. The van der Waals surface area contributed by atoms with Crippen LogP contribution in [0.25, 0.3) is 0 Å². The lowest BCUT2D eigenvalue weighted by atomic mass is 10.1. The summed E-state index contributed by atoms with van der Waals surface area (Å²) in [5.41, 5.74) is 1.21. The van der Waals surface area contributed by atoms with Gasteiger partial charge in [0, 0.05) is 12.6 Å². The van der Waals surface area contributed by atoms with E-state index in [1.165, 1.54) is 5.56 Å². The van der Waals surface area contributed by atoms with Gasteiger partial charge >= 0.3 is 0 Å². The zero-order chi connectivity index (χ0) is 9.97. The summed E-state index contributed by atoms with van der Waals surface area (Å²) in [5.74, 6) is 1.03. The molecule has 1 aromatic heterocycles. The van der Waals surface area contributed by atoms with Crippen LogP contribution in [0.2, 0.25) is 0 Å². The highest BCUT2D eigenvalue weighted by atomic mass is 16.5. The van der Waals surface area contributed by atoms with Crippen LogP contribution >= 0.6 is 0 Å². The Morgan fingerprint density at radius 2 is 2.43 bits per heavy atom. The van der Waals surface area contributed by atoms with Gasteiger partial charge in [-0.3, -0.25) is 0 Å². The Hall–Kier alpha value is -0.800. The molecule has 1 fully saturated rings. The molecule has 0 saturated carbocycles. The smallest absolute Gasteiger partial charge is 0.120 e. The van der Waals surface area contributed by atoms with Crippen LogP contribution in [0.15, 0.2) is 16.7 Å². The summed E-state index contributed by atoms with van der Waals surface area (Å²) in [4.78, 5) is 0. The van der Waals surface area contributed by atoms with E-state index >= 15 is 0 Å². The third-order valence-corrected chi connectivity index (χ3v) is 2.87. The van der Waals surface area contributed by atoms with Crippen molar-refractivity contribution in [2.75, 3.05) is 6.61 Å². The van der Waals surface area contributed by atoms with Gasteiger partial charge in [-0.1, -0.05) is 0 Å². The van der Waals surface area contributed by atoms with Gasteiger partial charge in [-0.2, -0.15) is 0 Å². The average molecular weight is 195 g/mol. The van der Waals surface area contributed by atoms with Crippen LogP contribution < -0.4 is 5.32 Å². The summed E-state index contributed by atoms with van der Waals surface area (Å²) >= 11 is 0. The Morgan fingerprint density at radius 3 is 3.00 bits per heavy atom. The summed E-state index contributed by atoms with van der Waals surface area (Å²) in [5, 5.41) is 3.46. The maximum absolute atomic E-state index is 5.47. The number of nitrogens with one attached hydrogen (secondary N) is 1. The fraction of sp³-hybridized carbons (Fsp3) is 0.636. The molecule has 1 aromatic rings. The highest BCUT2D eigenvalue weighted by molar-refractivity contribution is 5.14. The van der Waals surface area contributed by atoms with E-state index in [-0.39, 0.29) is 0 Å². The van der Waals surface area contributed by atoms with Gasteiger partial charge < -0.3 is 14.5 Å². The molecule has 78 valence electrons. The molecule has 1 aliphatic rings. The van der Waals surface area contributed by atoms with Gasteiger partial charge in [-0.15, -0.1) is 0 Å². The zero-order valence-corrected chi connectivity index (χ0v) is 8.75. The van der Waals surface area contributed by atoms with Crippen molar-refractivity contribution in [3.8, 4) is 0 Å². The van der Waals surface area contributed by atoms with Crippen LogP contribution in [0.1, 0.15) is 24.7 Å². The summed E-state index contributed by atoms with van der Waals surface area (Å²) in [6.45, 7) is 5.85. The second-order valence-corrected chi connectivity index (χ2v) is 3.88. The average Bonchev–Trinajstić information content (AvgIpc) is 2.72. The highest BCUT2D eigenvalue weighted by Gasteiger charge is 2.23. The topological polar surface area (TPSA) is 34.4 Å². The second kappa shape index (κ2) is 4.15. The van der Waals surface area contributed by atoms with Crippen molar-refractivity contribution in [3.63, 3.8) is 0 Å². The maximum atomic E-state index is 5.47. The molecule has 0 amide bonds. The Balaban J connectivity index is 1.85. The number of rotatable bonds is 3. The fourth-order valence-corrected chi connectivity index (χ4v) is 1.81. The van der Waals surface area contributed by atoms with Crippen molar-refractivity contribution < 1.29 is 9.15 Å². The highest BCUT2D eigenvalue weighted by Crippen LogP contribution is 2.14. The predicted octanol–water partition coefficient (Wildman–Crippen LogP) is 1.86. The predicted molar refractivity (Wildman–Crippen MR) is 54.1 cm³/mol. The molecule has 0 spiro atoms. The van der Waals surface area contributed by atoms with Crippen molar-refractivity contribution in [1.82, 2.24) is 5.32 Å². The van der Waals surface area contributed by atoms with Crippen molar-refractivity contribution in [3.05, 3.63) is 23.7 Å². The van der Waals surface area contributed by atoms with E-state index in [2.05, 4.69) is 19.2 Å². The van der Waals surface area contributed by atoms with Crippen LogP contribution in [0.5, 0.6) is 0 Å². The first kappa shape index (κ1) is 9.74. The molecule has 2 heterocycles. The van der Waals surface area contributed by atoms with Crippen LogP contribution in [-0.4, -0.2) is 18.8 Å². The molecule has 0 radical (unpaired) electrons. The maximum Gasteiger partial charge on any atom is 0.120 e. The van der Waals surface area contributed by atoms with Gasteiger partial charge in [0.05, 0.1) is 18.9 Å². The first-order valence-corrected chi connectivity index (χ1v) is 5.15. The van der Waals surface area contributed by atoms with Crippen molar-refractivity contribution in [1.29, 1.82) is 0 Å². The molecule has 14 heavy (non-hydrogen) atoms. The van der Waals surface area contributed by atoms with Gasteiger partial charge in [0.1, 0.15) is 5.76 Å². The monoisotopic (exact) mass is 195 g/mol. The molecule has 3 heteroatoms. The summed E-state index contributed by atoms with van der Waals surface area (Å²) in [6, 6.07) is 2.46. The Bertz CT molecular complexity index is 295. The van der Waals surface area contributed by atoms with Crippen molar-refractivity contribution in [2.45, 2.75) is 39.0 Å². The molecule has 0 aromatic carbocycles. The largest absolute Gasteiger partial charge is 0.468 e. The molecule has 1 aliphatic heterocycles. The first-order chi connectivity index (χ1) is 6.77. The summed E-state index contributed by atoms with van der Waals surface area (Å²) in [7, 11) is 0. The fourth-order valence-electron chi connectivity index (χ4n) is 1.81. The minimum Gasteiger partial charge on any atom is -0.468 e. The van der Waals surface area contributed by atoms with Gasteiger partial charge in [-0.25, -0.2) is 0 Å². The van der Waals surface area contributed by atoms with Crippen LogP contribution in [-0.2, 0) is 11.3 Å². The molecule has 1 saturated heterocycles. The molecule has 3 nitrogen and oxygen atoms in total. The number of aryl methyl sites for hydroxylation is 1. The minimum absolute atomic E-state index is 0.324. The van der Waals surface area contributed by atoms with Gasteiger partial charge in [0.15, 0.2) is 0 Å². The SMILES string of the molecule is Cc1ccoc1CNC1CCOC1C. The molecule has 2 unspecified atom stereocenters. The van der Waals surface area contributed by atoms with Crippen molar-refractivity contribution in [2.24, 2.45) is 0 Å². The quantitative estimate of drug-likeness (QED) is 0.799. The van der Waals surface area contributed by atoms with E-state index in [0.29, 0.717) is 12.1 Å². The summed E-state index contributed by atoms with van der Waals surface area (Å²) < 4.78 is 10.8. The first-order valence-electron chi connectivity index (χ1n) is 5.15. The molecule has 1 N–H and O–H groups in total. The molecular formula is C11H17NO2. The zero-order valence-electron chi connectivity index (χ0n) is 8.75. The Labute approximate surface area is 84.4 Å². The molecule has 0 aliphatic carbocycles. The van der Waals surface area contributed by atoms with Crippen LogP contribution in [0, 0.1) is 6.92 Å². The standard InChI is InChI=1S/C11H17NO2/c1-8-3-5-14-11(8)7-12-10-4-6-13-9(10)2/h3,5,9-10,12H,4,6-7H2,1-2H3. The number of hydrogen-bond acceptors (Lipinski definition) is 3. The van der Waals surface area contributed by atoms with E-state index in [0.717, 1.165) is 25.3 Å². The minimum atomic E-state index is 0.324.